The molecule has 400 valence electrons. The van der Waals surface area contributed by atoms with Crippen molar-refractivity contribution in [2.24, 2.45) is 0 Å². The number of ether oxygens (including phenoxy) is 1. The molecule has 1 amide bonds. The normalized spacial score (nSPS) is 13.3. The molecule has 6 heteroatoms. The second-order valence-corrected chi connectivity index (χ2v) is 20.8. The van der Waals surface area contributed by atoms with Gasteiger partial charge in [0.15, 0.2) is 0 Å². The molecule has 0 rings (SSSR count). The standard InChI is InChI=1S/C62H117NO5/c1-4-7-10-13-16-19-22-25-28-29-30-31-34-37-40-43-46-49-52-55-62(67)68-58(53-50-47-44-41-38-35-32-26-23-20-17-14-11-8-5-2)56-61(66)63-59(57-64)60(65)54-51-48-45-42-39-36-33-27-24-21-18-15-12-9-6-3/h17,20,26,32,38,41,58-60,64-65H,4-16,18-19,21-25,27-31,33-37,39-40,42-57H2,1-3H3,(H,63,66)/b20-17-,32-26-,41-38-. The van der Waals surface area contributed by atoms with E-state index in [1.165, 1.54) is 205 Å². The molecule has 0 aromatic carbocycles. The van der Waals surface area contributed by atoms with Crippen LogP contribution in [0, 0.1) is 0 Å². The molecule has 3 atom stereocenters. The van der Waals surface area contributed by atoms with Gasteiger partial charge in [-0.1, -0.05) is 282 Å². The third kappa shape index (κ3) is 50.5. The number of aliphatic hydroxyl groups excluding tert-OH is 2. The largest absolute Gasteiger partial charge is 0.462 e. The molecular weight excluding hydrogens is 839 g/mol. The SMILES string of the molecule is CCCCC/C=C\C/C=C\C/C=C\CCCCC(CC(=O)NC(CO)C(O)CCCCCCCCCCCCCCCCC)OC(=O)CCCCCCCCCCCCCCCCCCCCC. The number of nitrogens with one attached hydrogen (secondary N) is 1. The number of amides is 1. The van der Waals surface area contributed by atoms with Gasteiger partial charge in [0.2, 0.25) is 5.91 Å². The number of hydrogen-bond donors (Lipinski definition) is 3. The number of allylic oxidation sites excluding steroid dienone is 6. The van der Waals surface area contributed by atoms with E-state index in [0.29, 0.717) is 19.3 Å². The number of unbranched alkanes of at least 4 members (excludes halogenated alkanes) is 37. The van der Waals surface area contributed by atoms with E-state index < -0.39 is 18.2 Å². The van der Waals surface area contributed by atoms with Crippen LogP contribution >= 0.6 is 0 Å². The summed E-state index contributed by atoms with van der Waals surface area (Å²) in [5, 5.41) is 23.9. The Kier molecular flexibility index (Phi) is 54.4. The topological polar surface area (TPSA) is 95.9 Å². The Labute approximate surface area is 424 Å². The maximum Gasteiger partial charge on any atom is 0.306 e. The van der Waals surface area contributed by atoms with E-state index in [4.69, 9.17) is 4.74 Å². The highest BCUT2D eigenvalue weighted by Crippen LogP contribution is 2.19. The Bertz CT molecular complexity index is 1120. The van der Waals surface area contributed by atoms with Crippen LogP contribution in [0.15, 0.2) is 36.5 Å². The lowest BCUT2D eigenvalue weighted by Crippen LogP contribution is -2.46. The zero-order chi connectivity index (χ0) is 49.5. The fraction of sp³-hybridized carbons (Fsp3) is 0.871. The van der Waals surface area contributed by atoms with Gasteiger partial charge in [-0.25, -0.2) is 0 Å². The number of carbonyl (C=O) groups excluding carboxylic acids is 2. The van der Waals surface area contributed by atoms with Crippen LogP contribution in [-0.2, 0) is 14.3 Å². The first-order valence-electron chi connectivity index (χ1n) is 30.2. The Hall–Kier alpha value is -1.92. The summed E-state index contributed by atoms with van der Waals surface area (Å²) in [5.74, 6) is -0.493. The molecule has 0 fully saturated rings. The van der Waals surface area contributed by atoms with Crippen molar-refractivity contribution in [2.45, 2.75) is 341 Å². The number of hydrogen-bond acceptors (Lipinski definition) is 5. The molecule has 6 nitrogen and oxygen atoms in total. The summed E-state index contributed by atoms with van der Waals surface area (Å²) in [6.45, 7) is 6.49. The first-order valence-corrected chi connectivity index (χ1v) is 30.2. The Morgan fingerprint density at radius 2 is 0.750 bits per heavy atom. The average molecular weight is 957 g/mol. The summed E-state index contributed by atoms with van der Waals surface area (Å²) in [4.78, 5) is 26.3. The van der Waals surface area contributed by atoms with Gasteiger partial charge in [-0.15, -0.1) is 0 Å². The summed E-state index contributed by atoms with van der Waals surface area (Å²) < 4.78 is 5.96. The first kappa shape index (κ1) is 66.1. The molecule has 0 saturated carbocycles. The lowest BCUT2D eigenvalue weighted by molar-refractivity contribution is -0.151. The van der Waals surface area contributed by atoms with E-state index in [-0.39, 0.29) is 24.9 Å². The zero-order valence-corrected chi connectivity index (χ0v) is 45.8. The molecule has 0 aromatic heterocycles. The molecule has 0 radical (unpaired) electrons. The van der Waals surface area contributed by atoms with Gasteiger partial charge in [-0.3, -0.25) is 9.59 Å². The maximum absolute atomic E-state index is 13.3. The second kappa shape index (κ2) is 56.0. The van der Waals surface area contributed by atoms with Crippen molar-refractivity contribution in [1.29, 1.82) is 0 Å². The van der Waals surface area contributed by atoms with Gasteiger partial charge in [0.25, 0.3) is 0 Å². The van der Waals surface area contributed by atoms with E-state index in [0.717, 1.165) is 70.6 Å². The van der Waals surface area contributed by atoms with Gasteiger partial charge in [0, 0.05) is 6.42 Å². The van der Waals surface area contributed by atoms with E-state index in [1.807, 2.05) is 0 Å². The van der Waals surface area contributed by atoms with E-state index >= 15 is 0 Å². The highest BCUT2D eigenvalue weighted by Gasteiger charge is 2.24. The van der Waals surface area contributed by atoms with Crippen LogP contribution in [-0.4, -0.2) is 46.9 Å². The van der Waals surface area contributed by atoms with Gasteiger partial charge < -0.3 is 20.3 Å². The predicted molar refractivity (Wildman–Crippen MR) is 296 cm³/mol. The van der Waals surface area contributed by atoms with E-state index in [1.54, 1.807) is 0 Å². The third-order valence-electron chi connectivity index (χ3n) is 14.0. The van der Waals surface area contributed by atoms with Crippen LogP contribution in [0.3, 0.4) is 0 Å². The van der Waals surface area contributed by atoms with E-state index in [2.05, 4.69) is 62.5 Å². The van der Waals surface area contributed by atoms with Crippen molar-refractivity contribution in [3.63, 3.8) is 0 Å². The molecule has 0 aromatic rings. The molecule has 68 heavy (non-hydrogen) atoms. The quantitative estimate of drug-likeness (QED) is 0.0321. The van der Waals surface area contributed by atoms with Crippen LogP contribution < -0.4 is 5.32 Å². The van der Waals surface area contributed by atoms with Crippen LogP contribution in [0.4, 0.5) is 0 Å². The van der Waals surface area contributed by atoms with Gasteiger partial charge in [0.1, 0.15) is 6.10 Å². The molecule has 0 saturated heterocycles. The first-order chi connectivity index (χ1) is 33.5. The Morgan fingerprint density at radius 1 is 0.426 bits per heavy atom. The van der Waals surface area contributed by atoms with Crippen LogP contribution in [0.1, 0.15) is 323 Å². The summed E-state index contributed by atoms with van der Waals surface area (Å²) in [6, 6.07) is -0.712. The molecule has 0 bridgehead atoms. The van der Waals surface area contributed by atoms with Crippen LogP contribution in [0.2, 0.25) is 0 Å². The minimum atomic E-state index is -0.796. The minimum Gasteiger partial charge on any atom is -0.462 e. The highest BCUT2D eigenvalue weighted by molar-refractivity contribution is 5.77. The number of aliphatic hydroxyl groups is 2. The minimum absolute atomic E-state index is 0.0563. The zero-order valence-electron chi connectivity index (χ0n) is 45.8. The summed E-state index contributed by atoms with van der Waals surface area (Å²) in [7, 11) is 0. The van der Waals surface area contributed by atoms with Crippen molar-refractivity contribution in [3.05, 3.63) is 36.5 Å². The molecule has 0 aliphatic carbocycles. The highest BCUT2D eigenvalue weighted by atomic mass is 16.5. The van der Waals surface area contributed by atoms with Crippen LogP contribution in [0.25, 0.3) is 0 Å². The number of esters is 1. The van der Waals surface area contributed by atoms with Crippen molar-refractivity contribution in [1.82, 2.24) is 5.32 Å². The summed E-state index contributed by atoms with van der Waals surface area (Å²) >= 11 is 0. The lowest BCUT2D eigenvalue weighted by Gasteiger charge is -2.24. The van der Waals surface area contributed by atoms with Crippen molar-refractivity contribution in [3.8, 4) is 0 Å². The summed E-state index contributed by atoms with van der Waals surface area (Å²) in [5.41, 5.74) is 0. The maximum atomic E-state index is 13.3. The molecular formula is C62H117NO5. The van der Waals surface area contributed by atoms with Gasteiger partial charge >= 0.3 is 5.97 Å². The van der Waals surface area contributed by atoms with Crippen LogP contribution in [0.5, 0.6) is 0 Å². The second-order valence-electron chi connectivity index (χ2n) is 20.8. The molecule has 0 spiro atoms. The number of carbonyl (C=O) groups is 2. The molecule has 3 N–H and O–H groups in total. The van der Waals surface area contributed by atoms with Crippen molar-refractivity contribution in [2.75, 3.05) is 6.61 Å². The molecule has 0 aliphatic rings. The van der Waals surface area contributed by atoms with Gasteiger partial charge in [-0.05, 0) is 64.2 Å². The molecule has 0 aliphatic heterocycles. The monoisotopic (exact) mass is 956 g/mol. The van der Waals surface area contributed by atoms with Gasteiger partial charge in [-0.2, -0.15) is 0 Å². The molecule has 0 heterocycles. The molecule has 3 unspecified atom stereocenters. The number of rotatable bonds is 55. The lowest BCUT2D eigenvalue weighted by atomic mass is 10.0. The fourth-order valence-corrected chi connectivity index (χ4v) is 9.38. The summed E-state index contributed by atoms with van der Waals surface area (Å²) in [6.07, 6.45) is 67.9. The van der Waals surface area contributed by atoms with Crippen molar-refractivity contribution < 1.29 is 24.5 Å². The third-order valence-corrected chi connectivity index (χ3v) is 14.0. The van der Waals surface area contributed by atoms with Gasteiger partial charge in [0.05, 0.1) is 25.2 Å². The smallest absolute Gasteiger partial charge is 0.306 e. The Balaban J connectivity index is 4.54. The Morgan fingerprint density at radius 3 is 1.15 bits per heavy atom. The van der Waals surface area contributed by atoms with Crippen molar-refractivity contribution >= 4 is 11.9 Å². The van der Waals surface area contributed by atoms with E-state index in [9.17, 15) is 19.8 Å². The average Bonchev–Trinajstić information content (AvgIpc) is 3.33. The predicted octanol–water partition coefficient (Wildman–Crippen LogP) is 18.8. The fourth-order valence-electron chi connectivity index (χ4n) is 9.38.